The van der Waals surface area contributed by atoms with E-state index in [9.17, 15) is 18.3 Å². The summed E-state index contributed by atoms with van der Waals surface area (Å²) < 4.78 is 42.4. The molecule has 3 aromatic rings. The largest absolute Gasteiger partial charge is 0.486 e. The summed E-state index contributed by atoms with van der Waals surface area (Å²) in [5.74, 6) is -0.776. The number of sulfonamides is 1. The molecule has 2 atom stereocenters. The number of carboxylic acid groups (broad SMARTS) is 1. The molecule has 210 valence electrons. The van der Waals surface area contributed by atoms with E-state index >= 15 is 0 Å². The van der Waals surface area contributed by atoms with Crippen molar-refractivity contribution in [1.29, 1.82) is 0 Å². The Bertz CT molecular complexity index is 1440. The van der Waals surface area contributed by atoms with E-state index < -0.39 is 27.5 Å². The van der Waals surface area contributed by atoms with Crippen molar-refractivity contribution in [3.8, 4) is 5.75 Å². The van der Waals surface area contributed by atoms with Crippen molar-refractivity contribution in [2.75, 3.05) is 6.54 Å². The van der Waals surface area contributed by atoms with Crippen LogP contribution in [0.1, 0.15) is 62.6 Å². The molecule has 0 bridgehead atoms. The van der Waals surface area contributed by atoms with Gasteiger partial charge in [-0.25, -0.2) is 13.4 Å². The number of carbonyl (C=O) groups is 1. The van der Waals surface area contributed by atoms with Crippen molar-refractivity contribution < 1.29 is 27.8 Å². The fourth-order valence-corrected chi connectivity index (χ4v) is 5.94. The van der Waals surface area contributed by atoms with Crippen molar-refractivity contribution in [1.82, 2.24) is 24.3 Å². The maximum absolute atomic E-state index is 13.6. The molecule has 39 heavy (non-hydrogen) atoms. The van der Waals surface area contributed by atoms with Gasteiger partial charge in [0, 0.05) is 19.3 Å². The van der Waals surface area contributed by atoms with Gasteiger partial charge in [0.2, 0.25) is 5.03 Å². The lowest BCUT2D eigenvalue weighted by Gasteiger charge is -2.31. The first-order chi connectivity index (χ1) is 18.5. The molecule has 1 aromatic carbocycles. The van der Waals surface area contributed by atoms with E-state index in [0.29, 0.717) is 24.2 Å². The molecule has 0 radical (unpaired) electrons. The fourth-order valence-electron chi connectivity index (χ4n) is 4.46. The standard InChI is InChI=1S/C27H35N5O6S/c1-6-22-16-32(39(35,36)25-23(38-22)9-8-12-28-25)14-20-13-19(11-10-18(20)3)24(27(4,5)26(33)34)37-17-21-15-31(7-2)30-29-21/h8-13,15,22,24H,6-7,14,16-17H2,1-5H3,(H,33,34)/t22-,24-/m1/s1. The molecular weight excluding hydrogens is 522 g/mol. The molecule has 0 unspecified atom stereocenters. The van der Waals surface area contributed by atoms with E-state index in [4.69, 9.17) is 9.47 Å². The second-order valence-electron chi connectivity index (χ2n) is 10.2. The minimum Gasteiger partial charge on any atom is -0.486 e. The molecule has 3 heterocycles. The summed E-state index contributed by atoms with van der Waals surface area (Å²) in [5.41, 5.74) is 1.53. The number of hydrogen-bond acceptors (Lipinski definition) is 8. The van der Waals surface area contributed by atoms with E-state index in [1.165, 1.54) is 10.5 Å². The van der Waals surface area contributed by atoms with Crippen LogP contribution in [0.25, 0.3) is 0 Å². The van der Waals surface area contributed by atoms with Gasteiger partial charge in [-0.2, -0.15) is 4.31 Å². The highest BCUT2D eigenvalue weighted by atomic mass is 32.2. The third kappa shape index (κ3) is 5.97. The van der Waals surface area contributed by atoms with Crippen LogP contribution in [0.2, 0.25) is 0 Å². The lowest BCUT2D eigenvalue weighted by atomic mass is 9.81. The minimum atomic E-state index is -3.94. The second kappa shape index (κ2) is 11.4. The van der Waals surface area contributed by atoms with Crippen molar-refractivity contribution in [3.05, 3.63) is 65.1 Å². The fraction of sp³-hybridized carbons (Fsp3) is 0.481. The molecule has 4 rings (SSSR count). The number of aromatic nitrogens is 4. The van der Waals surface area contributed by atoms with Gasteiger partial charge in [-0.05, 0) is 62.9 Å². The Hall–Kier alpha value is -3.35. The zero-order valence-corrected chi connectivity index (χ0v) is 23.7. The van der Waals surface area contributed by atoms with Crippen LogP contribution in [-0.4, -0.2) is 56.4 Å². The number of aliphatic carboxylic acids is 1. The first-order valence-electron chi connectivity index (χ1n) is 12.9. The van der Waals surface area contributed by atoms with Crippen LogP contribution >= 0.6 is 0 Å². The summed E-state index contributed by atoms with van der Waals surface area (Å²) in [7, 11) is -3.94. The lowest BCUT2D eigenvalue weighted by molar-refractivity contribution is -0.158. The average molecular weight is 558 g/mol. The number of fused-ring (bicyclic) bond motifs is 1. The number of hydrogen-bond donors (Lipinski definition) is 1. The third-order valence-electron chi connectivity index (χ3n) is 7.01. The van der Waals surface area contributed by atoms with E-state index in [1.807, 2.05) is 39.0 Å². The van der Waals surface area contributed by atoms with Gasteiger partial charge < -0.3 is 14.6 Å². The van der Waals surface area contributed by atoms with Crippen LogP contribution in [0.3, 0.4) is 0 Å². The number of carboxylic acids is 1. The molecule has 0 spiro atoms. The summed E-state index contributed by atoms with van der Waals surface area (Å²) in [4.78, 5) is 16.4. The SMILES string of the molecule is CC[C@@H]1CN(Cc2cc([C@@H](OCc3cn(CC)nn3)C(C)(C)C(=O)O)ccc2C)S(=O)(=O)c2ncccc2O1. The molecule has 0 saturated carbocycles. The Kier molecular flexibility index (Phi) is 8.38. The normalized spacial score (nSPS) is 18.1. The lowest BCUT2D eigenvalue weighted by Crippen LogP contribution is -2.37. The minimum absolute atomic E-state index is 0.0723. The number of ether oxygens (including phenoxy) is 2. The summed E-state index contributed by atoms with van der Waals surface area (Å²) in [6, 6.07) is 8.78. The Labute approximate surface area is 228 Å². The van der Waals surface area contributed by atoms with Gasteiger partial charge in [0.05, 0.1) is 30.9 Å². The smallest absolute Gasteiger partial charge is 0.312 e. The molecule has 1 aliphatic rings. The Morgan fingerprint density at radius 2 is 2.05 bits per heavy atom. The highest BCUT2D eigenvalue weighted by molar-refractivity contribution is 7.89. The quantitative estimate of drug-likeness (QED) is 0.395. The summed E-state index contributed by atoms with van der Waals surface area (Å²) in [6.45, 7) is 9.95. The van der Waals surface area contributed by atoms with Gasteiger partial charge in [0.25, 0.3) is 10.0 Å². The van der Waals surface area contributed by atoms with Crippen LogP contribution in [0.4, 0.5) is 0 Å². The molecule has 0 amide bonds. The number of rotatable bonds is 10. The Balaban J connectivity index is 1.68. The molecule has 1 N–H and O–H groups in total. The predicted molar refractivity (Wildman–Crippen MR) is 142 cm³/mol. The Morgan fingerprint density at radius 1 is 1.28 bits per heavy atom. The number of pyridine rings is 1. The van der Waals surface area contributed by atoms with Gasteiger partial charge in [0.15, 0.2) is 5.75 Å². The van der Waals surface area contributed by atoms with Crippen molar-refractivity contribution in [3.63, 3.8) is 0 Å². The molecule has 0 fully saturated rings. The van der Waals surface area contributed by atoms with Crippen molar-refractivity contribution in [2.24, 2.45) is 5.41 Å². The van der Waals surface area contributed by atoms with E-state index in [1.54, 1.807) is 36.9 Å². The van der Waals surface area contributed by atoms with Crippen molar-refractivity contribution in [2.45, 2.75) is 78.0 Å². The van der Waals surface area contributed by atoms with Crippen LogP contribution in [0.5, 0.6) is 5.75 Å². The molecule has 1 aliphatic heterocycles. The highest BCUT2D eigenvalue weighted by Gasteiger charge is 2.40. The summed E-state index contributed by atoms with van der Waals surface area (Å²) >= 11 is 0. The summed E-state index contributed by atoms with van der Waals surface area (Å²) in [5, 5.41) is 18.0. The van der Waals surface area contributed by atoms with Gasteiger partial charge >= 0.3 is 5.97 Å². The number of nitrogens with zero attached hydrogens (tertiary/aromatic N) is 5. The molecule has 0 aliphatic carbocycles. The van der Waals surface area contributed by atoms with Crippen molar-refractivity contribution >= 4 is 16.0 Å². The summed E-state index contributed by atoms with van der Waals surface area (Å²) in [6.07, 6.45) is 2.63. The molecule has 11 nitrogen and oxygen atoms in total. The maximum Gasteiger partial charge on any atom is 0.312 e. The zero-order chi connectivity index (χ0) is 28.4. The maximum atomic E-state index is 13.6. The van der Waals surface area contributed by atoms with Gasteiger partial charge in [-0.15, -0.1) is 5.10 Å². The zero-order valence-electron chi connectivity index (χ0n) is 22.9. The number of benzene rings is 1. The average Bonchev–Trinajstić information content (AvgIpc) is 3.33. The molecule has 0 saturated heterocycles. The predicted octanol–water partition coefficient (Wildman–Crippen LogP) is 3.73. The van der Waals surface area contributed by atoms with Gasteiger partial charge in [0.1, 0.15) is 11.8 Å². The molecule has 12 heteroatoms. The van der Waals surface area contributed by atoms with Crippen LogP contribution in [0.15, 0.2) is 47.8 Å². The van der Waals surface area contributed by atoms with Gasteiger partial charge in [-0.1, -0.05) is 30.3 Å². The second-order valence-corrected chi connectivity index (χ2v) is 12.1. The number of aryl methyl sites for hydroxylation is 2. The van der Waals surface area contributed by atoms with Crippen LogP contribution in [0, 0.1) is 12.3 Å². The van der Waals surface area contributed by atoms with Crippen LogP contribution in [-0.2, 0) is 39.3 Å². The topological polar surface area (TPSA) is 137 Å². The third-order valence-corrected chi connectivity index (χ3v) is 8.77. The molecular formula is C27H35N5O6S. The van der Waals surface area contributed by atoms with E-state index in [0.717, 1.165) is 11.1 Å². The molecule has 2 aromatic heterocycles. The highest BCUT2D eigenvalue weighted by Crippen LogP contribution is 2.39. The first kappa shape index (κ1) is 28.7. The van der Waals surface area contributed by atoms with E-state index in [-0.39, 0.29) is 36.6 Å². The first-order valence-corrected chi connectivity index (χ1v) is 14.4. The van der Waals surface area contributed by atoms with Gasteiger partial charge in [-0.3, -0.25) is 9.48 Å². The Morgan fingerprint density at radius 3 is 2.72 bits per heavy atom. The van der Waals surface area contributed by atoms with E-state index in [2.05, 4.69) is 15.3 Å². The van der Waals surface area contributed by atoms with Crippen LogP contribution < -0.4 is 4.74 Å². The monoisotopic (exact) mass is 557 g/mol.